The first kappa shape index (κ1) is 14.4. The first-order chi connectivity index (χ1) is 10.0. The van der Waals surface area contributed by atoms with Crippen LogP contribution >= 0.6 is 0 Å². The zero-order valence-corrected chi connectivity index (χ0v) is 11.2. The van der Waals surface area contributed by atoms with Crippen LogP contribution in [0.15, 0.2) is 47.6 Å². The number of nitroso groups, excluding NO2 is 1. The monoisotopic (exact) mass is 284 g/mol. The Morgan fingerprint density at radius 1 is 1.10 bits per heavy atom. The summed E-state index contributed by atoms with van der Waals surface area (Å²) in [5.74, 6) is -1.66. The van der Waals surface area contributed by atoms with E-state index in [1.54, 1.807) is 24.3 Å². The van der Waals surface area contributed by atoms with E-state index in [4.69, 9.17) is 5.11 Å². The minimum absolute atomic E-state index is 0.0326. The predicted octanol–water partition coefficient (Wildman–Crippen LogP) is 3.34. The Balaban J connectivity index is 2.33. The number of carbonyl (C=O) groups is 2. The second-order valence-electron chi connectivity index (χ2n) is 4.45. The van der Waals surface area contributed by atoms with Gasteiger partial charge in [0.25, 0.3) is 5.91 Å². The lowest BCUT2D eigenvalue weighted by Gasteiger charge is -2.09. The van der Waals surface area contributed by atoms with Gasteiger partial charge in [-0.15, -0.1) is 4.91 Å². The average Bonchev–Trinajstić information content (AvgIpc) is 2.47. The lowest BCUT2D eigenvalue weighted by molar-refractivity contribution is 0.0698. The fraction of sp³-hybridized carbons (Fsp3) is 0.0667. The molecule has 2 rings (SSSR count). The molecule has 106 valence electrons. The Bertz CT molecular complexity index is 708. The van der Waals surface area contributed by atoms with Crippen molar-refractivity contribution in [2.45, 2.75) is 6.92 Å². The van der Waals surface area contributed by atoms with Crippen LogP contribution in [0.1, 0.15) is 26.3 Å². The molecular weight excluding hydrogens is 272 g/mol. The first-order valence-corrected chi connectivity index (χ1v) is 6.10. The Morgan fingerprint density at radius 2 is 1.76 bits per heavy atom. The zero-order chi connectivity index (χ0) is 15.4. The standard InChI is InChI=1S/C15H12N2O4/c1-9-2-4-10(5-3-9)14(18)16-13-8-11(17-21)6-7-12(13)15(19)20/h2-8H,1H3,(H,16,18)(H,19,20). The van der Waals surface area contributed by atoms with Crippen LogP contribution in [-0.4, -0.2) is 17.0 Å². The summed E-state index contributed by atoms with van der Waals surface area (Å²) >= 11 is 0. The van der Waals surface area contributed by atoms with Crippen LogP contribution in [-0.2, 0) is 0 Å². The van der Waals surface area contributed by atoms with Gasteiger partial charge in [-0.05, 0) is 42.4 Å². The summed E-state index contributed by atoms with van der Waals surface area (Å²) in [6.07, 6.45) is 0. The fourth-order valence-electron chi connectivity index (χ4n) is 1.78. The Hall–Kier alpha value is -3.02. The molecule has 0 bridgehead atoms. The van der Waals surface area contributed by atoms with Gasteiger partial charge in [0.15, 0.2) is 0 Å². The molecule has 2 N–H and O–H groups in total. The molecule has 2 aromatic carbocycles. The van der Waals surface area contributed by atoms with Gasteiger partial charge in [-0.1, -0.05) is 17.7 Å². The summed E-state index contributed by atoms with van der Waals surface area (Å²) in [6, 6.07) is 10.5. The van der Waals surface area contributed by atoms with Crippen molar-refractivity contribution in [3.05, 3.63) is 64.1 Å². The molecule has 6 nitrogen and oxygen atoms in total. The van der Waals surface area contributed by atoms with Gasteiger partial charge in [-0.2, -0.15) is 0 Å². The number of aromatic carboxylic acids is 1. The number of hydrogen-bond donors (Lipinski definition) is 2. The lowest BCUT2D eigenvalue weighted by Crippen LogP contribution is -2.14. The van der Waals surface area contributed by atoms with E-state index in [-0.39, 0.29) is 16.9 Å². The van der Waals surface area contributed by atoms with Crippen LogP contribution in [0.2, 0.25) is 0 Å². The van der Waals surface area contributed by atoms with Crippen molar-refractivity contribution in [2.24, 2.45) is 5.18 Å². The molecule has 0 heterocycles. The number of carboxylic acid groups (broad SMARTS) is 1. The molecule has 0 spiro atoms. The average molecular weight is 284 g/mol. The lowest BCUT2D eigenvalue weighted by atomic mass is 10.1. The molecule has 0 aliphatic carbocycles. The quantitative estimate of drug-likeness (QED) is 0.841. The molecule has 0 aliphatic rings. The van der Waals surface area contributed by atoms with Crippen molar-refractivity contribution in [1.29, 1.82) is 0 Å². The number of carbonyl (C=O) groups excluding carboxylic acids is 1. The number of anilines is 1. The zero-order valence-electron chi connectivity index (χ0n) is 11.2. The third-order valence-corrected chi connectivity index (χ3v) is 2.90. The highest BCUT2D eigenvalue weighted by molar-refractivity contribution is 6.08. The highest BCUT2D eigenvalue weighted by Crippen LogP contribution is 2.23. The third kappa shape index (κ3) is 3.30. The number of aryl methyl sites for hydroxylation is 1. The van der Waals surface area contributed by atoms with E-state index in [9.17, 15) is 14.5 Å². The molecule has 0 saturated heterocycles. The van der Waals surface area contributed by atoms with Crippen LogP contribution in [0, 0.1) is 11.8 Å². The molecule has 2 aromatic rings. The highest BCUT2D eigenvalue weighted by Gasteiger charge is 2.14. The highest BCUT2D eigenvalue weighted by atomic mass is 16.4. The van der Waals surface area contributed by atoms with Crippen LogP contribution in [0.25, 0.3) is 0 Å². The van der Waals surface area contributed by atoms with Crippen LogP contribution in [0.5, 0.6) is 0 Å². The molecule has 6 heteroatoms. The molecule has 0 saturated carbocycles. The van der Waals surface area contributed by atoms with Crippen molar-refractivity contribution in [3.8, 4) is 0 Å². The molecule has 0 aromatic heterocycles. The summed E-state index contributed by atoms with van der Waals surface area (Å²) in [6.45, 7) is 1.89. The topological polar surface area (TPSA) is 95.8 Å². The Morgan fingerprint density at radius 3 is 2.33 bits per heavy atom. The molecule has 0 atom stereocenters. The number of nitrogens with zero attached hydrogens (tertiary/aromatic N) is 1. The maximum absolute atomic E-state index is 12.1. The SMILES string of the molecule is Cc1ccc(C(=O)Nc2cc(N=O)ccc2C(=O)O)cc1. The second-order valence-corrected chi connectivity index (χ2v) is 4.45. The van der Waals surface area contributed by atoms with Gasteiger partial charge in [0.1, 0.15) is 5.69 Å². The molecular formula is C15H12N2O4. The van der Waals surface area contributed by atoms with Gasteiger partial charge in [-0.25, -0.2) is 4.79 Å². The summed E-state index contributed by atoms with van der Waals surface area (Å²) in [4.78, 5) is 33.7. The second kappa shape index (κ2) is 5.96. The van der Waals surface area contributed by atoms with Gasteiger partial charge in [-0.3, -0.25) is 4.79 Å². The van der Waals surface area contributed by atoms with Gasteiger partial charge in [0, 0.05) is 5.56 Å². The number of carboxylic acids is 1. The smallest absolute Gasteiger partial charge is 0.337 e. The summed E-state index contributed by atoms with van der Waals surface area (Å²) < 4.78 is 0. The van der Waals surface area contributed by atoms with Crippen molar-refractivity contribution >= 4 is 23.3 Å². The number of nitrogens with one attached hydrogen (secondary N) is 1. The number of amides is 1. The molecule has 0 aliphatic heterocycles. The van der Waals surface area contributed by atoms with Crippen molar-refractivity contribution in [2.75, 3.05) is 5.32 Å². The van der Waals surface area contributed by atoms with Crippen LogP contribution in [0.3, 0.4) is 0 Å². The van der Waals surface area contributed by atoms with Crippen LogP contribution in [0.4, 0.5) is 11.4 Å². The third-order valence-electron chi connectivity index (χ3n) is 2.90. The first-order valence-electron chi connectivity index (χ1n) is 6.10. The van der Waals surface area contributed by atoms with E-state index in [1.165, 1.54) is 18.2 Å². The van der Waals surface area contributed by atoms with Crippen molar-refractivity contribution < 1.29 is 14.7 Å². The number of hydrogen-bond acceptors (Lipinski definition) is 4. The summed E-state index contributed by atoms with van der Waals surface area (Å²) in [5.41, 5.74) is 1.36. The van der Waals surface area contributed by atoms with Crippen molar-refractivity contribution in [3.63, 3.8) is 0 Å². The minimum atomic E-state index is -1.20. The maximum Gasteiger partial charge on any atom is 0.337 e. The van der Waals surface area contributed by atoms with E-state index in [0.717, 1.165) is 5.56 Å². The maximum atomic E-state index is 12.1. The van der Waals surface area contributed by atoms with Gasteiger partial charge < -0.3 is 10.4 Å². The minimum Gasteiger partial charge on any atom is -0.478 e. The fourth-order valence-corrected chi connectivity index (χ4v) is 1.78. The van der Waals surface area contributed by atoms with Crippen LogP contribution < -0.4 is 5.32 Å². The van der Waals surface area contributed by atoms with Gasteiger partial charge in [0.2, 0.25) is 0 Å². The van der Waals surface area contributed by atoms with Gasteiger partial charge >= 0.3 is 5.97 Å². The molecule has 0 radical (unpaired) electrons. The Kier molecular flexibility index (Phi) is 4.08. The van der Waals surface area contributed by atoms with Gasteiger partial charge in [0.05, 0.1) is 11.3 Å². The normalized spacial score (nSPS) is 9.95. The van der Waals surface area contributed by atoms with Crippen molar-refractivity contribution in [1.82, 2.24) is 0 Å². The molecule has 0 fully saturated rings. The van der Waals surface area contributed by atoms with E-state index in [0.29, 0.717) is 5.56 Å². The largest absolute Gasteiger partial charge is 0.478 e. The summed E-state index contributed by atoms with van der Waals surface area (Å²) in [7, 11) is 0. The number of rotatable bonds is 4. The molecule has 1 amide bonds. The summed E-state index contributed by atoms with van der Waals surface area (Å²) in [5, 5.41) is 14.3. The van der Waals surface area contributed by atoms with E-state index in [2.05, 4.69) is 10.5 Å². The van der Waals surface area contributed by atoms with E-state index >= 15 is 0 Å². The van der Waals surface area contributed by atoms with E-state index < -0.39 is 11.9 Å². The number of benzene rings is 2. The Labute approximate surface area is 120 Å². The van der Waals surface area contributed by atoms with E-state index in [1.807, 2.05) is 6.92 Å². The predicted molar refractivity (Wildman–Crippen MR) is 78.0 cm³/mol. The molecule has 21 heavy (non-hydrogen) atoms. The molecule has 0 unspecified atom stereocenters.